The Morgan fingerprint density at radius 1 is 1.21 bits per heavy atom. The molecule has 2 aromatic carbocycles. The van der Waals surface area contributed by atoms with Crippen molar-refractivity contribution < 1.29 is 9.53 Å². The topological polar surface area (TPSA) is 76.1 Å². The van der Waals surface area contributed by atoms with Gasteiger partial charge in [0, 0.05) is 12.2 Å². The number of hydrogen-bond acceptors (Lipinski definition) is 7. The number of thioether (sulfide) groups is 1. The van der Waals surface area contributed by atoms with E-state index in [0.29, 0.717) is 18.3 Å². The zero-order valence-corrected chi connectivity index (χ0v) is 17.6. The van der Waals surface area contributed by atoms with Gasteiger partial charge in [0.05, 0.1) is 5.25 Å². The van der Waals surface area contributed by atoms with Gasteiger partial charge in [-0.1, -0.05) is 59.5 Å². The second-order valence-electron chi connectivity index (χ2n) is 6.09. The highest BCUT2D eigenvalue weighted by atomic mass is 32.2. The predicted molar refractivity (Wildman–Crippen MR) is 120 cm³/mol. The molecule has 1 atom stereocenters. The van der Waals surface area contributed by atoms with Crippen LogP contribution in [0.4, 0.5) is 10.8 Å². The zero-order chi connectivity index (χ0) is 20.5. The molecule has 2 N–H and O–H groups in total. The van der Waals surface area contributed by atoms with Crippen LogP contribution < -0.4 is 15.4 Å². The molecule has 1 heterocycles. The monoisotopic (exact) mass is 426 g/mol. The van der Waals surface area contributed by atoms with Crippen molar-refractivity contribution in [2.75, 3.05) is 17.2 Å². The number of aromatic nitrogens is 2. The first kappa shape index (κ1) is 20.9. The average molecular weight is 427 g/mol. The summed E-state index contributed by atoms with van der Waals surface area (Å²) in [5.74, 6) is 0.659. The fourth-order valence-electron chi connectivity index (χ4n) is 2.31. The highest BCUT2D eigenvalue weighted by Crippen LogP contribution is 2.29. The van der Waals surface area contributed by atoms with Crippen molar-refractivity contribution in [2.24, 2.45) is 0 Å². The molecule has 1 unspecified atom stereocenters. The summed E-state index contributed by atoms with van der Waals surface area (Å²) in [6.45, 7) is 6.63. The minimum absolute atomic E-state index is 0.0937. The first-order valence-corrected chi connectivity index (χ1v) is 10.8. The molecule has 0 saturated carbocycles. The zero-order valence-electron chi connectivity index (χ0n) is 16.0. The number of hydrogen-bond donors (Lipinski definition) is 2. The van der Waals surface area contributed by atoms with E-state index in [1.165, 1.54) is 23.1 Å². The average Bonchev–Trinajstić information content (AvgIpc) is 3.19. The number of carbonyl (C=O) groups is 1. The van der Waals surface area contributed by atoms with Crippen molar-refractivity contribution >= 4 is 39.8 Å². The third-order valence-corrected chi connectivity index (χ3v) is 5.89. The summed E-state index contributed by atoms with van der Waals surface area (Å²) < 4.78 is 6.51. The highest BCUT2D eigenvalue weighted by Gasteiger charge is 2.17. The van der Waals surface area contributed by atoms with Crippen molar-refractivity contribution in [3.8, 4) is 5.75 Å². The molecule has 1 aromatic heterocycles. The lowest BCUT2D eigenvalue weighted by Gasteiger charge is -2.11. The van der Waals surface area contributed by atoms with Gasteiger partial charge in [-0.05, 0) is 36.8 Å². The van der Waals surface area contributed by atoms with Gasteiger partial charge in [-0.15, -0.1) is 16.8 Å². The summed E-state index contributed by atoms with van der Waals surface area (Å²) >= 11 is 2.79. The number of benzene rings is 2. The van der Waals surface area contributed by atoms with Crippen LogP contribution >= 0.6 is 23.1 Å². The second-order valence-corrected chi connectivity index (χ2v) is 8.66. The number of amides is 1. The van der Waals surface area contributed by atoms with Crippen LogP contribution in [0.15, 0.2) is 71.6 Å². The van der Waals surface area contributed by atoms with E-state index in [2.05, 4.69) is 27.4 Å². The fraction of sp³-hybridized carbons (Fsp3) is 0.190. The molecule has 0 spiro atoms. The second kappa shape index (κ2) is 10.6. The van der Waals surface area contributed by atoms with Gasteiger partial charge in [-0.3, -0.25) is 4.79 Å². The molecule has 29 heavy (non-hydrogen) atoms. The molecule has 1 amide bonds. The van der Waals surface area contributed by atoms with Gasteiger partial charge in [0.1, 0.15) is 12.4 Å². The van der Waals surface area contributed by atoms with Crippen molar-refractivity contribution in [1.82, 2.24) is 10.2 Å². The molecular formula is C21H22N4O2S2. The molecule has 0 aliphatic carbocycles. The SMILES string of the molecule is C=CCNc1nnc(SC(C)C(=O)Nc2ccc(OCc3ccccc3)cc2)s1. The minimum atomic E-state index is -0.302. The smallest absolute Gasteiger partial charge is 0.237 e. The lowest BCUT2D eigenvalue weighted by atomic mass is 10.2. The van der Waals surface area contributed by atoms with Crippen LogP contribution in [0.25, 0.3) is 0 Å². The van der Waals surface area contributed by atoms with Crippen LogP contribution in [0.1, 0.15) is 12.5 Å². The summed E-state index contributed by atoms with van der Waals surface area (Å²) in [7, 11) is 0. The summed E-state index contributed by atoms with van der Waals surface area (Å²) in [5.41, 5.74) is 1.83. The largest absolute Gasteiger partial charge is 0.489 e. The maximum absolute atomic E-state index is 12.5. The van der Waals surface area contributed by atoms with E-state index in [1.807, 2.05) is 61.5 Å². The third kappa shape index (κ3) is 6.62. The van der Waals surface area contributed by atoms with Gasteiger partial charge in [0.2, 0.25) is 11.0 Å². The molecule has 6 nitrogen and oxygen atoms in total. The Labute approximate surface area is 178 Å². The van der Waals surface area contributed by atoms with E-state index in [9.17, 15) is 4.79 Å². The molecule has 150 valence electrons. The molecule has 3 aromatic rings. The summed E-state index contributed by atoms with van der Waals surface area (Å²) in [6, 6.07) is 17.3. The molecule has 0 radical (unpaired) electrons. The quantitative estimate of drug-likeness (QED) is 0.357. The Morgan fingerprint density at radius 2 is 1.97 bits per heavy atom. The van der Waals surface area contributed by atoms with Crippen LogP contribution in [-0.4, -0.2) is 27.9 Å². The van der Waals surface area contributed by atoms with Crippen molar-refractivity contribution in [2.45, 2.75) is 23.1 Å². The Balaban J connectivity index is 1.48. The van der Waals surface area contributed by atoms with Crippen LogP contribution in [-0.2, 0) is 11.4 Å². The molecule has 8 heteroatoms. The van der Waals surface area contributed by atoms with E-state index in [0.717, 1.165) is 21.3 Å². The molecule has 0 aliphatic heterocycles. The Kier molecular flexibility index (Phi) is 7.66. The molecule has 0 fully saturated rings. The maximum atomic E-state index is 12.5. The van der Waals surface area contributed by atoms with Gasteiger partial charge >= 0.3 is 0 Å². The van der Waals surface area contributed by atoms with E-state index < -0.39 is 0 Å². The lowest BCUT2D eigenvalue weighted by molar-refractivity contribution is -0.115. The van der Waals surface area contributed by atoms with Gasteiger partial charge in [-0.25, -0.2) is 0 Å². The van der Waals surface area contributed by atoms with Crippen molar-refractivity contribution in [3.05, 3.63) is 72.8 Å². The van der Waals surface area contributed by atoms with Crippen LogP contribution in [0.2, 0.25) is 0 Å². The maximum Gasteiger partial charge on any atom is 0.237 e. The number of carbonyl (C=O) groups excluding carboxylic acids is 1. The summed E-state index contributed by atoms with van der Waals surface area (Å²) in [5, 5.41) is 14.5. The summed E-state index contributed by atoms with van der Waals surface area (Å²) in [4.78, 5) is 12.5. The van der Waals surface area contributed by atoms with Crippen molar-refractivity contribution in [1.29, 1.82) is 0 Å². The molecular weight excluding hydrogens is 404 g/mol. The van der Waals surface area contributed by atoms with Crippen molar-refractivity contribution in [3.63, 3.8) is 0 Å². The first-order chi connectivity index (χ1) is 14.1. The van der Waals surface area contributed by atoms with Gasteiger partial charge in [0.15, 0.2) is 4.34 Å². The minimum Gasteiger partial charge on any atom is -0.489 e. The lowest BCUT2D eigenvalue weighted by Crippen LogP contribution is -2.22. The highest BCUT2D eigenvalue weighted by molar-refractivity contribution is 8.02. The normalized spacial score (nSPS) is 11.5. The molecule has 0 aliphatic rings. The number of nitrogens with zero attached hydrogens (tertiary/aromatic N) is 2. The standard InChI is InChI=1S/C21H22N4O2S2/c1-3-13-22-20-24-25-21(29-20)28-15(2)19(26)23-17-9-11-18(12-10-17)27-14-16-7-5-4-6-8-16/h3-12,15H,1,13-14H2,2H3,(H,22,24)(H,23,26). The van der Waals surface area contributed by atoms with E-state index in [-0.39, 0.29) is 11.2 Å². The molecule has 3 rings (SSSR count). The number of rotatable bonds is 10. The molecule has 0 bridgehead atoms. The Morgan fingerprint density at radius 3 is 2.69 bits per heavy atom. The van der Waals surface area contributed by atoms with Gasteiger partial charge in [-0.2, -0.15) is 0 Å². The van der Waals surface area contributed by atoms with Gasteiger partial charge < -0.3 is 15.4 Å². The molecule has 0 saturated heterocycles. The Bertz CT molecular complexity index is 929. The fourth-order valence-corrected chi connectivity index (χ4v) is 4.22. The third-order valence-electron chi connectivity index (χ3n) is 3.82. The van der Waals surface area contributed by atoms with E-state index >= 15 is 0 Å². The van der Waals surface area contributed by atoms with Crippen LogP contribution in [0.5, 0.6) is 5.75 Å². The number of ether oxygens (including phenoxy) is 1. The van der Waals surface area contributed by atoms with E-state index in [1.54, 1.807) is 6.08 Å². The number of nitrogens with one attached hydrogen (secondary N) is 2. The van der Waals surface area contributed by atoms with Crippen LogP contribution in [0.3, 0.4) is 0 Å². The van der Waals surface area contributed by atoms with E-state index in [4.69, 9.17) is 4.74 Å². The number of anilines is 2. The first-order valence-electron chi connectivity index (χ1n) is 9.06. The Hall–Kier alpha value is -2.84. The van der Waals surface area contributed by atoms with Gasteiger partial charge in [0.25, 0.3) is 0 Å². The predicted octanol–water partition coefficient (Wildman–Crippen LogP) is 4.83. The van der Waals surface area contributed by atoms with Crippen LogP contribution in [0, 0.1) is 0 Å². The summed E-state index contributed by atoms with van der Waals surface area (Å²) in [6.07, 6.45) is 1.75.